The molecule has 0 spiro atoms. The third-order valence-electron chi connectivity index (χ3n) is 4.37. The second-order valence-corrected chi connectivity index (χ2v) is 7.83. The maximum Gasteiger partial charge on any atom is 0.237 e. The molecule has 1 N–H and O–H groups in total. The Hall–Kier alpha value is -2.00. The van der Waals surface area contributed by atoms with E-state index in [-0.39, 0.29) is 11.7 Å². The molecule has 1 fully saturated rings. The van der Waals surface area contributed by atoms with Crippen molar-refractivity contribution in [1.29, 1.82) is 0 Å². The molecule has 1 heterocycles. The number of halogens is 5. The highest BCUT2D eigenvalue weighted by atomic mass is 79.9. The molecular weight excluding hydrogens is 463 g/mol. The van der Waals surface area contributed by atoms with Crippen molar-refractivity contribution >= 4 is 45.0 Å². The topological polar surface area (TPSA) is 52.7 Å². The van der Waals surface area contributed by atoms with Crippen molar-refractivity contribution in [2.75, 3.05) is 33.0 Å². The Morgan fingerprint density at radius 2 is 1.93 bits per heavy atom. The summed E-state index contributed by atoms with van der Waals surface area (Å²) in [5.41, 5.74) is -0.123. The van der Waals surface area contributed by atoms with Gasteiger partial charge in [-0.15, -0.1) is 0 Å². The van der Waals surface area contributed by atoms with Gasteiger partial charge in [-0.3, -0.25) is 9.59 Å². The van der Waals surface area contributed by atoms with Gasteiger partial charge in [0.2, 0.25) is 11.8 Å². The normalized spacial score (nSPS) is 20.1. The van der Waals surface area contributed by atoms with Crippen LogP contribution in [0, 0.1) is 29.3 Å². The Labute approximate surface area is 173 Å². The molecule has 152 valence electrons. The molecule has 0 unspecified atom stereocenters. The van der Waals surface area contributed by atoms with Gasteiger partial charge in [-0.2, -0.15) is 0 Å². The first kappa shape index (κ1) is 22.3. The monoisotopic (exact) mass is 479 g/mol. The van der Waals surface area contributed by atoms with Crippen LogP contribution in [0.2, 0.25) is 0 Å². The molecule has 0 aromatic heterocycles. The molecule has 1 aromatic carbocycles. The summed E-state index contributed by atoms with van der Waals surface area (Å²) in [5, 5.41) is 2.44. The van der Waals surface area contributed by atoms with E-state index in [2.05, 4.69) is 27.8 Å². The maximum absolute atomic E-state index is 13.9. The first-order valence-corrected chi connectivity index (χ1v) is 9.25. The first-order valence-electron chi connectivity index (χ1n) is 8.08. The van der Waals surface area contributed by atoms with E-state index in [0.717, 1.165) is 6.07 Å². The standard InChI is InChI=1S/C18H18BrClF3N3O2/c1-8(19)12(16(20)25(2)3)9-7-26(4)18(28)13(9)17(27)24-11-6-5-10(21)14(22)15(11)23/h5-6,9,13H,1,7H2,2-4H3,(H,24,27)/b16-12+/t9-,13+/m1/s1. The highest BCUT2D eigenvalue weighted by molar-refractivity contribution is 9.11. The number of rotatable bonds is 5. The average molecular weight is 481 g/mol. The van der Waals surface area contributed by atoms with Crippen LogP contribution in [0.3, 0.4) is 0 Å². The number of hydrogen-bond donors (Lipinski definition) is 1. The number of anilines is 1. The van der Waals surface area contributed by atoms with Crippen LogP contribution in [-0.2, 0) is 9.59 Å². The Bertz CT molecular complexity index is 876. The van der Waals surface area contributed by atoms with Gasteiger partial charge >= 0.3 is 0 Å². The zero-order valence-corrected chi connectivity index (χ0v) is 17.7. The second-order valence-electron chi connectivity index (χ2n) is 6.52. The minimum Gasteiger partial charge on any atom is -0.368 e. The number of carbonyl (C=O) groups is 2. The fraction of sp³-hybridized carbons (Fsp3) is 0.333. The zero-order chi connectivity index (χ0) is 21.3. The van der Waals surface area contributed by atoms with E-state index in [0.29, 0.717) is 16.1 Å². The number of allylic oxidation sites excluding steroid dienone is 1. The molecule has 0 radical (unpaired) electrons. The van der Waals surface area contributed by atoms with Crippen molar-refractivity contribution < 1.29 is 22.8 Å². The van der Waals surface area contributed by atoms with E-state index < -0.39 is 46.8 Å². The first-order chi connectivity index (χ1) is 13.0. The Morgan fingerprint density at radius 1 is 1.32 bits per heavy atom. The van der Waals surface area contributed by atoms with Crippen molar-refractivity contribution in [2.45, 2.75) is 0 Å². The lowest BCUT2D eigenvalue weighted by atomic mass is 9.87. The molecule has 0 saturated carbocycles. The summed E-state index contributed by atoms with van der Waals surface area (Å²) in [6, 6.07) is 1.57. The maximum atomic E-state index is 13.9. The van der Waals surface area contributed by atoms with Gasteiger partial charge < -0.3 is 15.1 Å². The van der Waals surface area contributed by atoms with Crippen molar-refractivity contribution in [3.05, 3.63) is 51.4 Å². The van der Waals surface area contributed by atoms with Gasteiger partial charge in [-0.25, -0.2) is 13.2 Å². The number of benzene rings is 1. The number of amides is 2. The number of hydrogen-bond acceptors (Lipinski definition) is 3. The average Bonchev–Trinajstić information content (AvgIpc) is 2.89. The van der Waals surface area contributed by atoms with Gasteiger partial charge in [-0.05, 0) is 12.1 Å². The zero-order valence-electron chi connectivity index (χ0n) is 15.3. The number of nitrogens with one attached hydrogen (secondary N) is 1. The molecule has 1 aromatic rings. The van der Waals surface area contributed by atoms with Crippen molar-refractivity contribution in [3.8, 4) is 0 Å². The lowest BCUT2D eigenvalue weighted by molar-refractivity contribution is -0.135. The predicted molar refractivity (Wildman–Crippen MR) is 104 cm³/mol. The van der Waals surface area contributed by atoms with E-state index in [1.807, 2.05) is 0 Å². The second kappa shape index (κ2) is 8.57. The van der Waals surface area contributed by atoms with Crippen LogP contribution in [0.5, 0.6) is 0 Å². The molecule has 28 heavy (non-hydrogen) atoms. The van der Waals surface area contributed by atoms with Gasteiger partial charge in [0.1, 0.15) is 11.1 Å². The molecule has 1 aliphatic rings. The molecule has 0 bridgehead atoms. The Morgan fingerprint density at radius 3 is 2.46 bits per heavy atom. The predicted octanol–water partition coefficient (Wildman–Crippen LogP) is 3.67. The van der Waals surface area contributed by atoms with Gasteiger partial charge in [0, 0.05) is 43.7 Å². The summed E-state index contributed by atoms with van der Waals surface area (Å²) in [6.07, 6.45) is 0. The van der Waals surface area contributed by atoms with Crippen LogP contribution in [0.4, 0.5) is 18.9 Å². The summed E-state index contributed by atoms with van der Waals surface area (Å²) >= 11 is 9.60. The van der Waals surface area contributed by atoms with Gasteiger partial charge in [-0.1, -0.05) is 34.1 Å². The van der Waals surface area contributed by atoms with E-state index >= 15 is 0 Å². The van der Waals surface area contributed by atoms with Crippen molar-refractivity contribution in [2.24, 2.45) is 11.8 Å². The molecule has 5 nitrogen and oxygen atoms in total. The minimum absolute atomic E-state index is 0.168. The van der Waals surface area contributed by atoms with Crippen LogP contribution in [0.15, 0.2) is 33.9 Å². The fourth-order valence-electron chi connectivity index (χ4n) is 2.99. The third kappa shape index (κ3) is 4.20. The third-order valence-corrected chi connectivity index (χ3v) is 5.34. The van der Waals surface area contributed by atoms with E-state index in [1.165, 1.54) is 11.9 Å². The van der Waals surface area contributed by atoms with Crippen molar-refractivity contribution in [3.63, 3.8) is 0 Å². The molecule has 2 atom stereocenters. The van der Waals surface area contributed by atoms with E-state index in [4.69, 9.17) is 11.6 Å². The summed E-state index contributed by atoms with van der Waals surface area (Å²) in [7, 11) is 4.88. The van der Waals surface area contributed by atoms with Crippen LogP contribution >= 0.6 is 27.5 Å². The Balaban J connectivity index is 2.44. The SMILES string of the molecule is C=C(Br)/C(=C(/Cl)N(C)C)[C@H]1CN(C)C(=O)[C@@H]1C(=O)Nc1ccc(F)c(F)c1F. The van der Waals surface area contributed by atoms with Gasteiger partial charge in [0.15, 0.2) is 17.5 Å². The molecule has 10 heteroatoms. The number of carbonyl (C=O) groups excluding carboxylic acids is 2. The summed E-state index contributed by atoms with van der Waals surface area (Å²) in [5.74, 6) is -7.96. The summed E-state index contributed by atoms with van der Waals surface area (Å²) in [4.78, 5) is 28.3. The molecule has 1 saturated heterocycles. The lowest BCUT2D eigenvalue weighted by Crippen LogP contribution is -2.34. The van der Waals surface area contributed by atoms with Gasteiger partial charge in [0.05, 0.1) is 5.69 Å². The van der Waals surface area contributed by atoms with E-state index in [9.17, 15) is 22.8 Å². The largest absolute Gasteiger partial charge is 0.368 e. The van der Waals surface area contributed by atoms with Crippen LogP contribution in [0.1, 0.15) is 0 Å². The molecular formula is C18H18BrClF3N3O2. The van der Waals surface area contributed by atoms with Crippen LogP contribution in [-0.4, -0.2) is 49.3 Å². The molecule has 0 aliphatic carbocycles. The van der Waals surface area contributed by atoms with Gasteiger partial charge in [0.25, 0.3) is 0 Å². The molecule has 2 amide bonds. The number of nitrogens with zero attached hydrogens (tertiary/aromatic N) is 2. The smallest absolute Gasteiger partial charge is 0.237 e. The van der Waals surface area contributed by atoms with Crippen LogP contribution < -0.4 is 5.32 Å². The lowest BCUT2D eigenvalue weighted by Gasteiger charge is -2.24. The minimum atomic E-state index is -1.71. The van der Waals surface area contributed by atoms with Crippen LogP contribution in [0.25, 0.3) is 0 Å². The highest BCUT2D eigenvalue weighted by Gasteiger charge is 2.46. The quantitative estimate of drug-likeness (QED) is 0.303. The summed E-state index contributed by atoms with van der Waals surface area (Å²) in [6.45, 7) is 3.97. The highest BCUT2D eigenvalue weighted by Crippen LogP contribution is 2.39. The number of likely N-dealkylation sites (tertiary alicyclic amines) is 1. The molecule has 2 rings (SSSR count). The summed E-state index contributed by atoms with van der Waals surface area (Å²) < 4.78 is 40.8. The molecule has 1 aliphatic heterocycles. The van der Waals surface area contributed by atoms with Crippen molar-refractivity contribution in [1.82, 2.24) is 9.80 Å². The Kier molecular flexibility index (Phi) is 6.82. The van der Waals surface area contributed by atoms with E-state index in [1.54, 1.807) is 19.0 Å². The fourth-order valence-corrected chi connectivity index (χ4v) is 3.84.